The summed E-state index contributed by atoms with van der Waals surface area (Å²) in [5, 5.41) is 0. The molecule has 0 spiro atoms. The number of furan rings is 1. The quantitative estimate of drug-likeness (QED) is 0.683. The van der Waals surface area contributed by atoms with E-state index in [2.05, 4.69) is 0 Å². The third kappa shape index (κ3) is 2.30. The van der Waals surface area contributed by atoms with Crippen molar-refractivity contribution in [1.82, 2.24) is 0 Å². The zero-order valence-corrected chi connectivity index (χ0v) is 11.0. The Labute approximate surface area is 116 Å². The normalized spacial score (nSPS) is 10.5. The first-order valence-electron chi connectivity index (χ1n) is 6.27. The second-order valence-corrected chi connectivity index (χ2v) is 4.38. The lowest BCUT2D eigenvalue weighted by Gasteiger charge is -2.01. The van der Waals surface area contributed by atoms with E-state index in [1.165, 1.54) is 6.07 Å². The highest BCUT2D eigenvalue weighted by molar-refractivity contribution is 5.65. The number of benzene rings is 2. The zero-order valence-electron chi connectivity index (χ0n) is 11.0. The molecule has 0 amide bonds. The lowest BCUT2D eigenvalue weighted by atomic mass is 10.1. The van der Waals surface area contributed by atoms with Gasteiger partial charge in [0.25, 0.3) is 0 Å². The van der Waals surface area contributed by atoms with Gasteiger partial charge in [0, 0.05) is 17.2 Å². The van der Waals surface area contributed by atoms with Crippen LogP contribution in [0.3, 0.4) is 0 Å². The van der Waals surface area contributed by atoms with Crippen molar-refractivity contribution in [3.05, 3.63) is 66.5 Å². The van der Waals surface area contributed by atoms with Gasteiger partial charge in [-0.3, -0.25) is 0 Å². The van der Waals surface area contributed by atoms with Crippen LogP contribution in [0.5, 0.6) is 5.75 Å². The predicted octanol–water partition coefficient (Wildman–Crippen LogP) is 4.76. The maximum Gasteiger partial charge on any atom is 0.170 e. The lowest BCUT2D eigenvalue weighted by Crippen LogP contribution is -1.81. The van der Waals surface area contributed by atoms with Crippen molar-refractivity contribution in [2.75, 3.05) is 7.11 Å². The molecule has 0 unspecified atom stereocenters. The minimum Gasteiger partial charge on any atom is -0.497 e. The molecular formula is C17H13FO2. The fourth-order valence-electron chi connectivity index (χ4n) is 2.05. The van der Waals surface area contributed by atoms with Gasteiger partial charge in [0.15, 0.2) is 11.6 Å². The molecule has 0 fully saturated rings. The van der Waals surface area contributed by atoms with Crippen molar-refractivity contribution in [1.29, 1.82) is 0 Å². The van der Waals surface area contributed by atoms with E-state index in [0.717, 1.165) is 16.9 Å². The second kappa shape index (κ2) is 5.21. The highest BCUT2D eigenvalue weighted by Crippen LogP contribution is 2.32. The molecule has 2 aromatic carbocycles. The van der Waals surface area contributed by atoms with Crippen LogP contribution in [-0.4, -0.2) is 7.11 Å². The Hall–Kier alpha value is -2.55. The summed E-state index contributed by atoms with van der Waals surface area (Å²) in [6, 6.07) is 17.9. The van der Waals surface area contributed by atoms with Gasteiger partial charge in [0.05, 0.1) is 7.11 Å². The van der Waals surface area contributed by atoms with E-state index < -0.39 is 0 Å². The fraction of sp³-hybridized carbons (Fsp3) is 0.0588. The maximum absolute atomic E-state index is 14.0. The van der Waals surface area contributed by atoms with Gasteiger partial charge in [-0.05, 0) is 24.3 Å². The molecule has 20 heavy (non-hydrogen) atoms. The van der Waals surface area contributed by atoms with Crippen molar-refractivity contribution in [3.63, 3.8) is 0 Å². The highest BCUT2D eigenvalue weighted by Gasteiger charge is 2.14. The predicted molar refractivity (Wildman–Crippen MR) is 76.1 cm³/mol. The van der Waals surface area contributed by atoms with Crippen LogP contribution in [0.2, 0.25) is 0 Å². The molecule has 3 rings (SSSR count). The van der Waals surface area contributed by atoms with Gasteiger partial charge in [0.1, 0.15) is 11.5 Å². The average Bonchev–Trinajstić information content (AvgIpc) is 2.90. The minimum absolute atomic E-state index is 0.261. The standard InChI is InChI=1S/C17H13FO2/c1-19-14-9-7-12(8-10-14)16-11-15(18)17(20-16)13-5-3-2-4-6-13/h2-11H,1H3. The summed E-state index contributed by atoms with van der Waals surface area (Å²) in [6.07, 6.45) is 0. The van der Waals surface area contributed by atoms with Gasteiger partial charge in [-0.25, -0.2) is 4.39 Å². The molecule has 100 valence electrons. The fourth-order valence-corrected chi connectivity index (χ4v) is 2.05. The van der Waals surface area contributed by atoms with E-state index in [-0.39, 0.29) is 11.6 Å². The van der Waals surface area contributed by atoms with Gasteiger partial charge >= 0.3 is 0 Å². The van der Waals surface area contributed by atoms with Gasteiger partial charge in [0.2, 0.25) is 0 Å². The Morgan fingerprint density at radius 1 is 0.900 bits per heavy atom. The molecule has 0 saturated heterocycles. The van der Waals surface area contributed by atoms with Crippen molar-refractivity contribution in [3.8, 4) is 28.4 Å². The van der Waals surface area contributed by atoms with Crippen LogP contribution < -0.4 is 4.74 Å². The van der Waals surface area contributed by atoms with Gasteiger partial charge in [-0.2, -0.15) is 0 Å². The number of ether oxygens (including phenoxy) is 1. The Morgan fingerprint density at radius 3 is 2.25 bits per heavy atom. The van der Waals surface area contributed by atoms with E-state index in [9.17, 15) is 4.39 Å². The Balaban J connectivity index is 2.00. The Morgan fingerprint density at radius 2 is 1.60 bits per heavy atom. The van der Waals surface area contributed by atoms with Gasteiger partial charge in [-0.1, -0.05) is 30.3 Å². The molecule has 2 nitrogen and oxygen atoms in total. The minimum atomic E-state index is -0.359. The molecule has 0 N–H and O–H groups in total. The summed E-state index contributed by atoms with van der Waals surface area (Å²) in [7, 11) is 1.61. The van der Waals surface area contributed by atoms with Crippen LogP contribution in [0.4, 0.5) is 4.39 Å². The van der Waals surface area contributed by atoms with Crippen LogP contribution in [0.15, 0.2) is 65.1 Å². The molecule has 0 aliphatic carbocycles. The first-order valence-corrected chi connectivity index (χ1v) is 6.27. The van der Waals surface area contributed by atoms with E-state index in [0.29, 0.717) is 5.76 Å². The van der Waals surface area contributed by atoms with Crippen molar-refractivity contribution in [2.24, 2.45) is 0 Å². The van der Waals surface area contributed by atoms with E-state index in [4.69, 9.17) is 9.15 Å². The van der Waals surface area contributed by atoms with Gasteiger partial charge < -0.3 is 9.15 Å². The largest absolute Gasteiger partial charge is 0.497 e. The maximum atomic E-state index is 14.0. The van der Waals surface area contributed by atoms with Crippen molar-refractivity contribution >= 4 is 0 Å². The van der Waals surface area contributed by atoms with E-state index >= 15 is 0 Å². The van der Waals surface area contributed by atoms with Crippen LogP contribution in [0.1, 0.15) is 0 Å². The van der Waals surface area contributed by atoms with Crippen molar-refractivity contribution in [2.45, 2.75) is 0 Å². The molecule has 0 radical (unpaired) electrons. The topological polar surface area (TPSA) is 22.4 Å². The molecule has 0 atom stereocenters. The first-order chi connectivity index (χ1) is 9.78. The smallest absolute Gasteiger partial charge is 0.170 e. The molecule has 1 heterocycles. The van der Waals surface area contributed by atoms with Crippen LogP contribution in [0, 0.1) is 5.82 Å². The number of hydrogen-bond donors (Lipinski definition) is 0. The number of rotatable bonds is 3. The Kier molecular flexibility index (Phi) is 3.25. The second-order valence-electron chi connectivity index (χ2n) is 4.38. The molecule has 0 aliphatic rings. The highest BCUT2D eigenvalue weighted by atomic mass is 19.1. The zero-order chi connectivity index (χ0) is 13.9. The third-order valence-corrected chi connectivity index (χ3v) is 3.10. The van der Waals surface area contributed by atoms with Crippen LogP contribution >= 0.6 is 0 Å². The van der Waals surface area contributed by atoms with Gasteiger partial charge in [-0.15, -0.1) is 0 Å². The molecule has 3 heteroatoms. The summed E-state index contributed by atoms with van der Waals surface area (Å²) in [6.45, 7) is 0. The number of hydrogen-bond acceptors (Lipinski definition) is 2. The molecular weight excluding hydrogens is 255 g/mol. The molecule has 0 saturated carbocycles. The molecule has 1 aromatic heterocycles. The Bertz CT molecular complexity index is 700. The summed E-state index contributed by atoms with van der Waals surface area (Å²) in [5.74, 6) is 1.16. The lowest BCUT2D eigenvalue weighted by molar-refractivity contribution is 0.415. The molecule has 0 aliphatic heterocycles. The third-order valence-electron chi connectivity index (χ3n) is 3.10. The SMILES string of the molecule is COc1ccc(-c2cc(F)c(-c3ccccc3)o2)cc1. The average molecular weight is 268 g/mol. The summed E-state index contributed by atoms with van der Waals surface area (Å²) < 4.78 is 24.8. The van der Waals surface area contributed by atoms with Crippen LogP contribution in [0.25, 0.3) is 22.6 Å². The van der Waals surface area contributed by atoms with Crippen molar-refractivity contribution < 1.29 is 13.5 Å². The molecule has 0 bridgehead atoms. The monoisotopic (exact) mass is 268 g/mol. The van der Waals surface area contributed by atoms with Crippen LogP contribution in [-0.2, 0) is 0 Å². The summed E-state index contributed by atoms with van der Waals surface area (Å²) in [5.41, 5.74) is 1.54. The van der Waals surface area contributed by atoms with E-state index in [1.54, 1.807) is 7.11 Å². The number of methoxy groups -OCH3 is 1. The molecule has 3 aromatic rings. The first kappa shape index (κ1) is 12.5. The number of halogens is 1. The summed E-state index contributed by atoms with van der Waals surface area (Å²) >= 11 is 0. The summed E-state index contributed by atoms with van der Waals surface area (Å²) in [4.78, 5) is 0. The van der Waals surface area contributed by atoms with E-state index in [1.807, 2.05) is 54.6 Å².